The highest BCUT2D eigenvalue weighted by atomic mass is 32.2. The van der Waals surface area contributed by atoms with Crippen LogP contribution in [-0.2, 0) is 6.54 Å². The summed E-state index contributed by atoms with van der Waals surface area (Å²) in [7, 11) is 0. The Kier molecular flexibility index (Phi) is 5.15. The number of nitrogens with one attached hydrogen (secondary N) is 1. The molecule has 4 heteroatoms. The number of rotatable bonds is 7. The first-order valence-electron chi connectivity index (χ1n) is 6.16. The van der Waals surface area contributed by atoms with Crippen LogP contribution in [0, 0.1) is 0 Å². The molecule has 3 nitrogen and oxygen atoms in total. The van der Waals surface area contributed by atoms with Crippen LogP contribution in [0.2, 0.25) is 0 Å². The summed E-state index contributed by atoms with van der Waals surface area (Å²) in [4.78, 5) is 4.06. The number of anilines is 1. The van der Waals surface area contributed by atoms with Crippen molar-refractivity contribution in [3.05, 3.63) is 48.5 Å². The van der Waals surface area contributed by atoms with Gasteiger partial charge in [0.1, 0.15) is 0 Å². The van der Waals surface area contributed by atoms with Gasteiger partial charge in [0.05, 0.1) is 6.33 Å². The lowest BCUT2D eigenvalue weighted by Gasteiger charge is -2.08. The van der Waals surface area contributed by atoms with E-state index in [1.807, 2.05) is 30.5 Å². The van der Waals surface area contributed by atoms with Crippen molar-refractivity contribution >= 4 is 17.4 Å². The van der Waals surface area contributed by atoms with Gasteiger partial charge in [-0.25, -0.2) is 4.98 Å². The molecule has 0 amide bonds. The zero-order valence-corrected chi connectivity index (χ0v) is 11.5. The molecular weight excluding hydrogens is 242 g/mol. The minimum absolute atomic E-state index is 0.875. The average Bonchev–Trinajstić information content (AvgIpc) is 2.88. The van der Waals surface area contributed by atoms with Gasteiger partial charge in [-0.1, -0.05) is 12.1 Å². The predicted molar refractivity (Wildman–Crippen MR) is 79.3 cm³/mol. The number of imidazole rings is 1. The minimum atomic E-state index is 0.875. The minimum Gasteiger partial charge on any atom is -0.385 e. The van der Waals surface area contributed by atoms with Crippen molar-refractivity contribution in [2.45, 2.75) is 13.0 Å². The third-order valence-electron chi connectivity index (χ3n) is 2.71. The molecule has 0 fully saturated rings. The third-order valence-corrected chi connectivity index (χ3v) is 3.40. The molecule has 0 aliphatic rings. The van der Waals surface area contributed by atoms with Crippen LogP contribution in [0.3, 0.4) is 0 Å². The molecule has 0 bridgehead atoms. The fourth-order valence-electron chi connectivity index (χ4n) is 1.82. The molecule has 2 aromatic rings. The van der Waals surface area contributed by atoms with Crippen molar-refractivity contribution in [1.29, 1.82) is 0 Å². The highest BCUT2D eigenvalue weighted by Gasteiger charge is 1.97. The van der Waals surface area contributed by atoms with E-state index >= 15 is 0 Å². The summed E-state index contributed by atoms with van der Waals surface area (Å²) in [5.41, 5.74) is 2.50. The zero-order chi connectivity index (χ0) is 12.6. The van der Waals surface area contributed by atoms with Gasteiger partial charge in [0.25, 0.3) is 0 Å². The summed E-state index contributed by atoms with van der Waals surface area (Å²) in [6, 6.07) is 8.58. The first-order valence-corrected chi connectivity index (χ1v) is 7.55. The van der Waals surface area contributed by atoms with Crippen LogP contribution in [0.1, 0.15) is 12.0 Å². The van der Waals surface area contributed by atoms with Gasteiger partial charge in [-0.15, -0.1) is 0 Å². The second-order valence-corrected chi connectivity index (χ2v) is 5.19. The van der Waals surface area contributed by atoms with Crippen LogP contribution in [0.25, 0.3) is 0 Å². The van der Waals surface area contributed by atoms with Crippen LogP contribution in [0.5, 0.6) is 0 Å². The molecule has 1 aromatic carbocycles. The van der Waals surface area contributed by atoms with Gasteiger partial charge in [-0.3, -0.25) is 0 Å². The van der Waals surface area contributed by atoms with Crippen molar-refractivity contribution in [2.24, 2.45) is 0 Å². The SMILES string of the molecule is CSCCCNc1cccc(Cn2ccnc2)c1. The number of aromatic nitrogens is 2. The van der Waals surface area contributed by atoms with E-state index in [0.29, 0.717) is 0 Å². The molecule has 0 unspecified atom stereocenters. The highest BCUT2D eigenvalue weighted by molar-refractivity contribution is 7.98. The van der Waals surface area contributed by atoms with Gasteiger partial charge in [-0.05, 0) is 36.1 Å². The molecule has 2 rings (SSSR count). The fraction of sp³-hybridized carbons (Fsp3) is 0.357. The third kappa shape index (κ3) is 4.11. The van der Waals surface area contributed by atoms with E-state index in [9.17, 15) is 0 Å². The molecule has 0 atom stereocenters. The Hall–Kier alpha value is -1.42. The van der Waals surface area contributed by atoms with Gasteiger partial charge in [0.15, 0.2) is 0 Å². The first kappa shape index (κ1) is 13.0. The molecule has 0 spiro atoms. The Morgan fingerprint density at radius 1 is 1.39 bits per heavy atom. The molecule has 1 N–H and O–H groups in total. The second-order valence-electron chi connectivity index (χ2n) is 4.21. The molecular formula is C14H19N3S. The van der Waals surface area contributed by atoms with E-state index in [2.05, 4.69) is 45.4 Å². The lowest BCUT2D eigenvalue weighted by atomic mass is 10.2. The number of hydrogen-bond acceptors (Lipinski definition) is 3. The Morgan fingerprint density at radius 2 is 2.33 bits per heavy atom. The molecule has 1 aromatic heterocycles. The van der Waals surface area contributed by atoms with Crippen LogP contribution < -0.4 is 5.32 Å². The summed E-state index contributed by atoms with van der Waals surface area (Å²) in [6.07, 6.45) is 8.99. The standard InChI is InChI=1S/C14H19N3S/c1-18-9-3-6-16-14-5-2-4-13(10-14)11-17-8-7-15-12-17/h2,4-5,7-8,10,12,16H,3,6,9,11H2,1H3. The topological polar surface area (TPSA) is 29.9 Å². The smallest absolute Gasteiger partial charge is 0.0949 e. The van der Waals surface area contributed by atoms with E-state index in [4.69, 9.17) is 0 Å². The summed E-state index contributed by atoms with van der Waals surface area (Å²) < 4.78 is 2.08. The molecule has 0 aliphatic heterocycles. The predicted octanol–water partition coefficient (Wildman–Crippen LogP) is 3.10. The summed E-state index contributed by atoms with van der Waals surface area (Å²) in [5, 5.41) is 3.46. The van der Waals surface area contributed by atoms with Crippen LogP contribution >= 0.6 is 11.8 Å². The van der Waals surface area contributed by atoms with Crippen LogP contribution in [0.4, 0.5) is 5.69 Å². The molecule has 96 valence electrons. The maximum Gasteiger partial charge on any atom is 0.0949 e. The van der Waals surface area contributed by atoms with Gasteiger partial charge < -0.3 is 9.88 Å². The van der Waals surface area contributed by atoms with Crippen molar-refractivity contribution < 1.29 is 0 Å². The largest absolute Gasteiger partial charge is 0.385 e. The number of benzene rings is 1. The Bertz CT molecular complexity index is 454. The lowest BCUT2D eigenvalue weighted by molar-refractivity contribution is 0.797. The van der Waals surface area contributed by atoms with Gasteiger partial charge in [0, 0.05) is 31.2 Å². The lowest BCUT2D eigenvalue weighted by Crippen LogP contribution is -2.03. The normalized spacial score (nSPS) is 10.5. The van der Waals surface area contributed by atoms with Crippen molar-refractivity contribution in [2.75, 3.05) is 23.9 Å². The quantitative estimate of drug-likeness (QED) is 0.777. The molecule has 0 saturated heterocycles. The maximum atomic E-state index is 4.06. The van der Waals surface area contributed by atoms with E-state index in [1.165, 1.54) is 23.4 Å². The number of hydrogen-bond donors (Lipinski definition) is 1. The van der Waals surface area contributed by atoms with Crippen molar-refractivity contribution in [1.82, 2.24) is 9.55 Å². The Labute approximate surface area is 113 Å². The Morgan fingerprint density at radius 3 is 3.11 bits per heavy atom. The highest BCUT2D eigenvalue weighted by Crippen LogP contribution is 2.12. The summed E-state index contributed by atoms with van der Waals surface area (Å²) in [6.45, 7) is 1.91. The number of thioether (sulfide) groups is 1. The first-order chi connectivity index (χ1) is 8.88. The second kappa shape index (κ2) is 7.11. The van der Waals surface area contributed by atoms with E-state index < -0.39 is 0 Å². The summed E-state index contributed by atoms with van der Waals surface area (Å²) in [5.74, 6) is 1.21. The molecule has 0 aliphatic carbocycles. The van der Waals surface area contributed by atoms with Crippen molar-refractivity contribution in [3.63, 3.8) is 0 Å². The fourth-order valence-corrected chi connectivity index (χ4v) is 2.25. The maximum absolute atomic E-state index is 4.06. The van der Waals surface area contributed by atoms with E-state index in [-0.39, 0.29) is 0 Å². The van der Waals surface area contributed by atoms with Crippen molar-refractivity contribution in [3.8, 4) is 0 Å². The van der Waals surface area contributed by atoms with Crippen LogP contribution in [-0.4, -0.2) is 28.1 Å². The zero-order valence-electron chi connectivity index (χ0n) is 10.7. The summed E-state index contributed by atoms with van der Waals surface area (Å²) >= 11 is 1.89. The van der Waals surface area contributed by atoms with Gasteiger partial charge in [0.2, 0.25) is 0 Å². The van der Waals surface area contributed by atoms with E-state index in [0.717, 1.165) is 13.1 Å². The average molecular weight is 261 g/mol. The van der Waals surface area contributed by atoms with Gasteiger partial charge >= 0.3 is 0 Å². The molecule has 0 saturated carbocycles. The van der Waals surface area contributed by atoms with E-state index in [1.54, 1.807) is 0 Å². The molecule has 0 radical (unpaired) electrons. The molecule has 18 heavy (non-hydrogen) atoms. The number of nitrogens with zero attached hydrogens (tertiary/aromatic N) is 2. The molecule has 1 heterocycles. The van der Waals surface area contributed by atoms with Crippen LogP contribution in [0.15, 0.2) is 43.0 Å². The Balaban J connectivity index is 1.88. The monoisotopic (exact) mass is 261 g/mol. The van der Waals surface area contributed by atoms with Gasteiger partial charge in [-0.2, -0.15) is 11.8 Å².